The zero-order valence-corrected chi connectivity index (χ0v) is 7.83. The van der Waals surface area contributed by atoms with Crippen molar-refractivity contribution in [2.75, 3.05) is 11.9 Å². The van der Waals surface area contributed by atoms with E-state index in [0.717, 1.165) is 25.2 Å². The third kappa shape index (κ3) is 2.01. The van der Waals surface area contributed by atoms with E-state index in [9.17, 15) is 0 Å². The van der Waals surface area contributed by atoms with Gasteiger partial charge in [-0.1, -0.05) is 0 Å². The van der Waals surface area contributed by atoms with E-state index < -0.39 is 0 Å². The van der Waals surface area contributed by atoms with E-state index in [-0.39, 0.29) is 5.54 Å². The number of nitrogens with zero attached hydrogens (tertiary/aromatic N) is 2. The molecule has 0 bridgehead atoms. The Balaban J connectivity index is 1.94. The molecule has 1 fully saturated rings. The van der Waals surface area contributed by atoms with Crippen molar-refractivity contribution in [3.63, 3.8) is 0 Å². The van der Waals surface area contributed by atoms with Crippen LogP contribution < -0.4 is 11.1 Å². The summed E-state index contributed by atoms with van der Waals surface area (Å²) in [6.07, 6.45) is 3.71. The molecule has 14 heavy (non-hydrogen) atoms. The number of hydrogen-bond donors (Lipinski definition) is 2. The third-order valence-electron chi connectivity index (χ3n) is 2.41. The van der Waals surface area contributed by atoms with E-state index in [4.69, 9.17) is 11.0 Å². The molecule has 2 rings (SSSR count). The molecular formula is C10H12N4. The summed E-state index contributed by atoms with van der Waals surface area (Å²) in [4.78, 5) is 4.09. The molecule has 1 aliphatic rings. The highest BCUT2D eigenvalue weighted by Gasteiger charge is 2.37. The number of aromatic nitrogens is 1. The maximum absolute atomic E-state index is 8.57. The van der Waals surface area contributed by atoms with Gasteiger partial charge in [0.15, 0.2) is 0 Å². The van der Waals surface area contributed by atoms with Crippen molar-refractivity contribution in [3.8, 4) is 6.07 Å². The Labute approximate surface area is 82.8 Å². The summed E-state index contributed by atoms with van der Waals surface area (Å²) in [5.41, 5.74) is 6.46. The molecule has 0 atom stereocenters. The fourth-order valence-corrected chi connectivity index (χ4v) is 1.17. The number of nitriles is 1. The summed E-state index contributed by atoms with van der Waals surface area (Å²) >= 11 is 0. The van der Waals surface area contributed by atoms with Crippen LogP contribution in [0, 0.1) is 11.3 Å². The van der Waals surface area contributed by atoms with Crippen molar-refractivity contribution >= 4 is 5.82 Å². The van der Waals surface area contributed by atoms with Gasteiger partial charge >= 0.3 is 0 Å². The normalized spacial score (nSPS) is 17.1. The molecule has 0 radical (unpaired) electrons. The number of anilines is 1. The van der Waals surface area contributed by atoms with Crippen LogP contribution in [0.3, 0.4) is 0 Å². The minimum Gasteiger partial charge on any atom is -0.368 e. The quantitative estimate of drug-likeness (QED) is 0.737. The second kappa shape index (κ2) is 3.28. The van der Waals surface area contributed by atoms with Crippen molar-refractivity contribution in [1.29, 1.82) is 5.26 Å². The third-order valence-corrected chi connectivity index (χ3v) is 2.41. The smallest absolute Gasteiger partial charge is 0.126 e. The Morgan fingerprint density at radius 3 is 2.86 bits per heavy atom. The summed E-state index contributed by atoms with van der Waals surface area (Å²) in [7, 11) is 0. The van der Waals surface area contributed by atoms with Gasteiger partial charge in [-0.3, -0.25) is 0 Å². The van der Waals surface area contributed by atoms with Gasteiger partial charge in [-0.25, -0.2) is 4.98 Å². The van der Waals surface area contributed by atoms with Crippen LogP contribution in [0.25, 0.3) is 0 Å². The minimum atomic E-state index is -0.0183. The van der Waals surface area contributed by atoms with Crippen LogP contribution in [-0.2, 0) is 0 Å². The minimum absolute atomic E-state index is 0.0183. The van der Waals surface area contributed by atoms with Gasteiger partial charge in [0.05, 0.1) is 5.56 Å². The van der Waals surface area contributed by atoms with Gasteiger partial charge in [-0.05, 0) is 25.0 Å². The summed E-state index contributed by atoms with van der Waals surface area (Å²) in [5, 5.41) is 11.7. The number of rotatable bonds is 3. The highest BCUT2D eigenvalue weighted by Crippen LogP contribution is 2.31. The molecule has 0 aromatic carbocycles. The zero-order valence-electron chi connectivity index (χ0n) is 7.83. The van der Waals surface area contributed by atoms with Crippen molar-refractivity contribution < 1.29 is 0 Å². The molecule has 0 amide bonds. The molecule has 0 aliphatic heterocycles. The lowest BCUT2D eigenvalue weighted by Crippen LogP contribution is -2.31. The second-order valence-corrected chi connectivity index (χ2v) is 3.76. The van der Waals surface area contributed by atoms with Crippen LogP contribution in [0.2, 0.25) is 0 Å². The van der Waals surface area contributed by atoms with Crippen LogP contribution in [0.5, 0.6) is 0 Å². The molecule has 0 spiro atoms. The zero-order chi connectivity index (χ0) is 10.0. The van der Waals surface area contributed by atoms with E-state index in [2.05, 4.69) is 10.3 Å². The van der Waals surface area contributed by atoms with Gasteiger partial charge in [-0.2, -0.15) is 5.26 Å². The maximum atomic E-state index is 8.57. The molecular weight excluding hydrogens is 176 g/mol. The highest BCUT2D eigenvalue weighted by atomic mass is 15.0. The molecule has 4 nitrogen and oxygen atoms in total. The lowest BCUT2D eigenvalue weighted by molar-refractivity contribution is 0.711. The van der Waals surface area contributed by atoms with E-state index in [1.54, 1.807) is 18.3 Å². The second-order valence-electron chi connectivity index (χ2n) is 3.76. The van der Waals surface area contributed by atoms with Crippen LogP contribution in [0.1, 0.15) is 18.4 Å². The van der Waals surface area contributed by atoms with E-state index in [1.165, 1.54) is 0 Å². The van der Waals surface area contributed by atoms with Crippen molar-refractivity contribution in [1.82, 2.24) is 4.98 Å². The SMILES string of the molecule is N#Cc1ccc(NCC2(N)CC2)nc1. The first kappa shape index (κ1) is 8.97. The Bertz CT molecular complexity index is 359. The molecule has 1 saturated carbocycles. The number of hydrogen-bond acceptors (Lipinski definition) is 4. The number of nitrogens with two attached hydrogens (primary N) is 1. The highest BCUT2D eigenvalue weighted by molar-refractivity contribution is 5.39. The van der Waals surface area contributed by atoms with Crippen LogP contribution in [0.4, 0.5) is 5.82 Å². The summed E-state index contributed by atoms with van der Waals surface area (Å²) in [6.45, 7) is 0.756. The topological polar surface area (TPSA) is 74.7 Å². The van der Waals surface area contributed by atoms with Crippen LogP contribution in [-0.4, -0.2) is 17.1 Å². The van der Waals surface area contributed by atoms with Gasteiger partial charge in [0.25, 0.3) is 0 Å². The van der Waals surface area contributed by atoms with E-state index >= 15 is 0 Å². The van der Waals surface area contributed by atoms with Crippen LogP contribution >= 0.6 is 0 Å². The molecule has 1 aromatic heterocycles. The predicted molar refractivity (Wildman–Crippen MR) is 53.6 cm³/mol. The van der Waals surface area contributed by atoms with Crippen molar-refractivity contribution in [2.45, 2.75) is 18.4 Å². The van der Waals surface area contributed by atoms with Gasteiger partial charge < -0.3 is 11.1 Å². The van der Waals surface area contributed by atoms with Gasteiger partial charge in [0.1, 0.15) is 11.9 Å². The monoisotopic (exact) mass is 188 g/mol. The van der Waals surface area contributed by atoms with E-state index in [0.29, 0.717) is 5.56 Å². The first-order valence-electron chi connectivity index (χ1n) is 4.61. The fourth-order valence-electron chi connectivity index (χ4n) is 1.17. The summed E-state index contributed by atoms with van der Waals surface area (Å²) < 4.78 is 0. The van der Waals surface area contributed by atoms with Crippen molar-refractivity contribution in [2.24, 2.45) is 5.73 Å². The number of pyridine rings is 1. The molecule has 3 N–H and O–H groups in total. The largest absolute Gasteiger partial charge is 0.368 e. The molecule has 4 heteroatoms. The van der Waals surface area contributed by atoms with E-state index in [1.807, 2.05) is 6.07 Å². The fraction of sp³-hybridized carbons (Fsp3) is 0.400. The van der Waals surface area contributed by atoms with Crippen LogP contribution in [0.15, 0.2) is 18.3 Å². The molecule has 1 aromatic rings. The molecule has 1 aliphatic carbocycles. The summed E-state index contributed by atoms with van der Waals surface area (Å²) in [5.74, 6) is 0.778. The van der Waals surface area contributed by atoms with Gasteiger partial charge in [0, 0.05) is 18.3 Å². The number of nitrogens with one attached hydrogen (secondary N) is 1. The Hall–Kier alpha value is -1.60. The Morgan fingerprint density at radius 2 is 2.36 bits per heavy atom. The molecule has 0 saturated heterocycles. The molecule has 0 unspecified atom stereocenters. The van der Waals surface area contributed by atoms with Gasteiger partial charge in [0.2, 0.25) is 0 Å². The van der Waals surface area contributed by atoms with Crippen molar-refractivity contribution in [3.05, 3.63) is 23.9 Å². The maximum Gasteiger partial charge on any atom is 0.126 e. The lowest BCUT2D eigenvalue weighted by Gasteiger charge is -2.10. The predicted octanol–water partition coefficient (Wildman–Crippen LogP) is 0.856. The Kier molecular flexibility index (Phi) is 2.10. The first-order valence-corrected chi connectivity index (χ1v) is 4.61. The van der Waals surface area contributed by atoms with Gasteiger partial charge in [-0.15, -0.1) is 0 Å². The first-order chi connectivity index (χ1) is 6.72. The summed E-state index contributed by atoms with van der Waals surface area (Å²) in [6, 6.07) is 5.56. The Morgan fingerprint density at radius 1 is 1.57 bits per heavy atom. The molecule has 72 valence electrons. The lowest BCUT2D eigenvalue weighted by atomic mass is 10.3. The molecule has 1 heterocycles. The standard InChI is InChI=1S/C10H12N4/c11-5-8-1-2-9(13-6-8)14-7-10(12)3-4-10/h1-2,6H,3-4,7,12H2,(H,13,14). The average Bonchev–Trinajstić information content (AvgIpc) is 2.95. The average molecular weight is 188 g/mol.